The van der Waals surface area contributed by atoms with Crippen LogP contribution in [0.2, 0.25) is 0 Å². The lowest BCUT2D eigenvalue weighted by atomic mass is 10.1. The number of rotatable bonds is 4. The fraction of sp³-hybridized carbons (Fsp3) is 0. The number of fused-ring (bicyclic) bond motifs is 2. The molecule has 32 heavy (non-hydrogen) atoms. The highest BCUT2D eigenvalue weighted by Gasteiger charge is 2.19. The Morgan fingerprint density at radius 2 is 1.66 bits per heavy atom. The van der Waals surface area contributed by atoms with Crippen LogP contribution in [0.4, 0.5) is 20.4 Å². The van der Waals surface area contributed by atoms with Crippen molar-refractivity contribution in [3.8, 4) is 11.4 Å². The number of aromatic amines is 1. The van der Waals surface area contributed by atoms with Crippen LogP contribution in [0.3, 0.4) is 0 Å². The lowest BCUT2D eigenvalue weighted by molar-refractivity contribution is 0.590. The van der Waals surface area contributed by atoms with Gasteiger partial charge in [0.2, 0.25) is 10.0 Å². The molecule has 0 fully saturated rings. The van der Waals surface area contributed by atoms with Gasteiger partial charge in [0.25, 0.3) is 0 Å². The van der Waals surface area contributed by atoms with Crippen molar-refractivity contribution in [2.24, 2.45) is 5.14 Å². The fourth-order valence-electron chi connectivity index (χ4n) is 3.45. The lowest BCUT2D eigenvalue weighted by Crippen LogP contribution is -2.14. The highest BCUT2D eigenvalue weighted by Crippen LogP contribution is 2.32. The molecule has 11 heteroatoms. The largest absolute Gasteiger partial charge is 0.322 e. The number of primary sulfonamides is 1. The number of H-pyrrole nitrogens is 1. The maximum absolute atomic E-state index is 14.1. The maximum atomic E-state index is 14.1. The van der Waals surface area contributed by atoms with E-state index in [1.807, 2.05) is 0 Å². The second kappa shape index (κ2) is 7.32. The second-order valence-corrected chi connectivity index (χ2v) is 8.49. The standard InChI is InChI=1S/C21H14F2N6O2S/c22-11-9-14-18(15(23)10-11)28-29-21(14)27-19-12-5-1-3-7-16(12)25-20(26-19)13-6-2-4-8-17(13)32(24,30)31/h1-10H,(H2,24,30,31)(H2,25,26,27,28,29). The van der Waals surface area contributed by atoms with Gasteiger partial charge >= 0.3 is 0 Å². The minimum Gasteiger partial charge on any atom is -0.322 e. The van der Waals surface area contributed by atoms with Crippen LogP contribution in [-0.4, -0.2) is 28.6 Å². The molecule has 8 nitrogen and oxygen atoms in total. The second-order valence-electron chi connectivity index (χ2n) is 6.96. The summed E-state index contributed by atoms with van der Waals surface area (Å²) in [4.78, 5) is 8.84. The number of aromatic nitrogens is 4. The van der Waals surface area contributed by atoms with Crippen molar-refractivity contribution in [1.29, 1.82) is 0 Å². The molecule has 0 bridgehead atoms. The van der Waals surface area contributed by atoms with Gasteiger partial charge in [0, 0.05) is 17.0 Å². The third-order valence-corrected chi connectivity index (χ3v) is 5.83. The summed E-state index contributed by atoms with van der Waals surface area (Å²) in [5.74, 6) is -1.01. The summed E-state index contributed by atoms with van der Waals surface area (Å²) in [5, 5.41) is 15.7. The molecule has 2 aromatic heterocycles. The Balaban J connectivity index is 1.72. The van der Waals surface area contributed by atoms with E-state index in [1.165, 1.54) is 6.07 Å². The van der Waals surface area contributed by atoms with E-state index >= 15 is 0 Å². The third kappa shape index (κ3) is 3.43. The number of nitrogens with two attached hydrogens (primary N) is 1. The predicted octanol–water partition coefficient (Wildman–Crippen LogP) is 3.84. The molecule has 0 radical (unpaired) electrons. The molecule has 5 aromatic rings. The number of benzene rings is 3. The summed E-state index contributed by atoms with van der Waals surface area (Å²) in [6, 6.07) is 15.0. The van der Waals surface area contributed by atoms with Crippen LogP contribution in [0.1, 0.15) is 0 Å². The Morgan fingerprint density at radius 1 is 0.906 bits per heavy atom. The van der Waals surface area contributed by atoms with Crippen molar-refractivity contribution < 1.29 is 17.2 Å². The molecule has 0 aliphatic heterocycles. The molecular formula is C21H14F2N6O2S. The van der Waals surface area contributed by atoms with Crippen molar-refractivity contribution >= 4 is 43.5 Å². The molecule has 0 aliphatic carbocycles. The van der Waals surface area contributed by atoms with Crippen LogP contribution in [0.5, 0.6) is 0 Å². The summed E-state index contributed by atoms with van der Waals surface area (Å²) in [6.45, 7) is 0. The number of para-hydroxylation sites is 1. The fourth-order valence-corrected chi connectivity index (χ4v) is 4.18. The normalized spacial score (nSPS) is 11.8. The van der Waals surface area contributed by atoms with Gasteiger partial charge in [-0.3, -0.25) is 5.10 Å². The zero-order chi connectivity index (χ0) is 22.5. The molecule has 0 unspecified atom stereocenters. The first-order chi connectivity index (χ1) is 15.3. The van der Waals surface area contributed by atoms with Gasteiger partial charge in [0.05, 0.1) is 15.8 Å². The quantitative estimate of drug-likeness (QED) is 0.380. The number of anilines is 2. The summed E-state index contributed by atoms with van der Waals surface area (Å²) < 4.78 is 52.0. The minimum absolute atomic E-state index is 0.0343. The SMILES string of the molecule is NS(=O)(=O)c1ccccc1-c1nc(Nc2n[nH]c3c(F)cc(F)cc23)c2ccccc2n1. The van der Waals surface area contributed by atoms with Crippen molar-refractivity contribution in [3.63, 3.8) is 0 Å². The summed E-state index contributed by atoms with van der Waals surface area (Å²) in [5.41, 5.74) is 0.765. The molecule has 5 rings (SSSR count). The summed E-state index contributed by atoms with van der Waals surface area (Å²) >= 11 is 0. The Morgan fingerprint density at radius 3 is 2.47 bits per heavy atom. The van der Waals surface area contributed by atoms with Crippen LogP contribution >= 0.6 is 0 Å². The molecule has 0 saturated heterocycles. The zero-order valence-corrected chi connectivity index (χ0v) is 17.0. The highest BCUT2D eigenvalue weighted by molar-refractivity contribution is 7.89. The van der Waals surface area contributed by atoms with Crippen LogP contribution in [0, 0.1) is 11.6 Å². The van der Waals surface area contributed by atoms with E-state index in [4.69, 9.17) is 5.14 Å². The van der Waals surface area contributed by atoms with E-state index < -0.39 is 21.7 Å². The van der Waals surface area contributed by atoms with Gasteiger partial charge in [-0.25, -0.2) is 32.3 Å². The lowest BCUT2D eigenvalue weighted by Gasteiger charge is -2.11. The monoisotopic (exact) mass is 452 g/mol. The van der Waals surface area contributed by atoms with Crippen LogP contribution < -0.4 is 10.5 Å². The molecule has 0 aliphatic rings. The van der Waals surface area contributed by atoms with Crippen molar-refractivity contribution in [3.05, 3.63) is 72.3 Å². The number of sulfonamides is 1. The number of hydrogen-bond donors (Lipinski definition) is 3. The Labute approximate surface area is 180 Å². The summed E-state index contributed by atoms with van der Waals surface area (Å²) in [6.07, 6.45) is 0. The molecule has 0 atom stereocenters. The Kier molecular flexibility index (Phi) is 4.57. The van der Waals surface area contributed by atoms with Crippen molar-refractivity contribution in [1.82, 2.24) is 20.2 Å². The number of nitrogens with zero attached hydrogens (tertiary/aromatic N) is 3. The molecule has 0 saturated carbocycles. The first kappa shape index (κ1) is 20.0. The average molecular weight is 452 g/mol. The minimum atomic E-state index is -4.04. The smallest absolute Gasteiger partial charge is 0.238 e. The number of halogens is 2. The van der Waals surface area contributed by atoms with Gasteiger partial charge in [-0.1, -0.05) is 24.3 Å². The average Bonchev–Trinajstić information content (AvgIpc) is 3.16. The molecule has 2 heterocycles. The molecule has 0 amide bonds. The number of nitrogens with one attached hydrogen (secondary N) is 2. The van der Waals surface area contributed by atoms with Gasteiger partial charge in [-0.05, 0) is 30.3 Å². The highest BCUT2D eigenvalue weighted by atomic mass is 32.2. The van der Waals surface area contributed by atoms with Crippen LogP contribution in [0.15, 0.2) is 65.6 Å². The first-order valence-corrected chi connectivity index (χ1v) is 10.8. The molecule has 160 valence electrons. The first-order valence-electron chi connectivity index (χ1n) is 9.30. The third-order valence-electron chi connectivity index (χ3n) is 4.86. The van der Waals surface area contributed by atoms with Crippen LogP contribution in [0.25, 0.3) is 33.2 Å². The maximum Gasteiger partial charge on any atom is 0.238 e. The van der Waals surface area contributed by atoms with Gasteiger partial charge < -0.3 is 5.32 Å². The van der Waals surface area contributed by atoms with E-state index in [-0.39, 0.29) is 38.8 Å². The molecule has 4 N–H and O–H groups in total. The van der Waals surface area contributed by atoms with Crippen molar-refractivity contribution in [2.75, 3.05) is 5.32 Å². The predicted molar refractivity (Wildman–Crippen MR) is 116 cm³/mol. The Bertz CT molecular complexity index is 1620. The zero-order valence-electron chi connectivity index (χ0n) is 16.2. The van der Waals surface area contributed by atoms with E-state index in [0.717, 1.165) is 12.1 Å². The Hall–Kier alpha value is -3.96. The number of hydrogen-bond acceptors (Lipinski definition) is 6. The topological polar surface area (TPSA) is 127 Å². The van der Waals surface area contributed by atoms with Gasteiger partial charge in [0.1, 0.15) is 17.2 Å². The van der Waals surface area contributed by atoms with E-state index in [9.17, 15) is 17.2 Å². The van der Waals surface area contributed by atoms with E-state index in [0.29, 0.717) is 10.9 Å². The van der Waals surface area contributed by atoms with Gasteiger partial charge in [-0.15, -0.1) is 0 Å². The van der Waals surface area contributed by atoms with E-state index in [2.05, 4.69) is 25.5 Å². The van der Waals surface area contributed by atoms with Crippen molar-refractivity contribution in [2.45, 2.75) is 4.90 Å². The molecular weight excluding hydrogens is 438 g/mol. The van der Waals surface area contributed by atoms with Crippen LogP contribution in [-0.2, 0) is 10.0 Å². The van der Waals surface area contributed by atoms with Gasteiger partial charge in [-0.2, -0.15) is 5.10 Å². The summed E-state index contributed by atoms with van der Waals surface area (Å²) in [7, 11) is -4.04. The molecule has 0 spiro atoms. The van der Waals surface area contributed by atoms with Gasteiger partial charge in [0.15, 0.2) is 17.5 Å². The van der Waals surface area contributed by atoms with E-state index in [1.54, 1.807) is 42.5 Å². The molecule has 3 aromatic carbocycles.